The van der Waals surface area contributed by atoms with Crippen LogP contribution in [-0.4, -0.2) is 59.1 Å². The van der Waals surface area contributed by atoms with Crippen molar-refractivity contribution in [2.45, 2.75) is 25.2 Å². The summed E-state index contributed by atoms with van der Waals surface area (Å²) < 4.78 is 35.9. The Kier molecular flexibility index (Phi) is 8.17. The molecule has 0 aliphatic rings. The van der Waals surface area contributed by atoms with Gasteiger partial charge in [-0.15, -0.1) is 0 Å². The molecule has 0 radical (unpaired) electrons. The van der Waals surface area contributed by atoms with Crippen LogP contribution < -0.4 is 10.1 Å². The summed E-state index contributed by atoms with van der Waals surface area (Å²) in [4.78, 5) is 11.9. The zero-order valence-electron chi connectivity index (χ0n) is 14.7. The Balaban J connectivity index is 2.53. The predicted molar refractivity (Wildman–Crippen MR) is 91.7 cm³/mol. The van der Waals surface area contributed by atoms with E-state index in [0.717, 1.165) is 10.7 Å². The molecule has 1 amide bonds. The van der Waals surface area contributed by atoms with Gasteiger partial charge in [0.2, 0.25) is 10.0 Å². The third kappa shape index (κ3) is 6.10. The fourth-order valence-corrected chi connectivity index (χ4v) is 2.88. The normalized spacial score (nSPS) is 11.5. The summed E-state index contributed by atoms with van der Waals surface area (Å²) in [5, 5.41) is 2.74. The zero-order chi connectivity index (χ0) is 18.2. The van der Waals surface area contributed by atoms with Gasteiger partial charge in [0, 0.05) is 33.9 Å². The second-order valence-electron chi connectivity index (χ2n) is 5.40. The number of carbonyl (C=O) groups excluding carboxylic acids is 1. The summed E-state index contributed by atoms with van der Waals surface area (Å²) in [6, 6.07) is 4.57. The third-order valence-corrected chi connectivity index (χ3v) is 5.09. The van der Waals surface area contributed by atoms with Gasteiger partial charge in [-0.25, -0.2) is 12.7 Å². The van der Waals surface area contributed by atoms with Crippen LogP contribution in [0, 0.1) is 6.92 Å². The van der Waals surface area contributed by atoms with Crippen molar-refractivity contribution in [3.63, 3.8) is 0 Å². The first-order valence-corrected chi connectivity index (χ1v) is 9.23. The molecule has 0 saturated heterocycles. The van der Waals surface area contributed by atoms with Gasteiger partial charge < -0.3 is 14.8 Å². The van der Waals surface area contributed by atoms with E-state index in [9.17, 15) is 13.2 Å². The molecule has 24 heavy (non-hydrogen) atoms. The second-order valence-corrected chi connectivity index (χ2v) is 7.56. The Hall–Kier alpha value is -1.64. The van der Waals surface area contributed by atoms with Gasteiger partial charge in [-0.3, -0.25) is 4.79 Å². The van der Waals surface area contributed by atoms with Gasteiger partial charge in [-0.1, -0.05) is 0 Å². The Morgan fingerprint density at radius 2 is 2.00 bits per heavy atom. The lowest BCUT2D eigenvalue weighted by atomic mass is 10.2. The van der Waals surface area contributed by atoms with Crippen molar-refractivity contribution in [1.29, 1.82) is 0 Å². The molecule has 1 aromatic rings. The number of hydrogen-bond acceptors (Lipinski definition) is 5. The highest BCUT2D eigenvalue weighted by molar-refractivity contribution is 7.89. The van der Waals surface area contributed by atoms with Crippen LogP contribution in [0.4, 0.5) is 0 Å². The molecule has 0 bridgehead atoms. The van der Waals surface area contributed by atoms with Gasteiger partial charge in [0.15, 0.2) is 6.61 Å². The van der Waals surface area contributed by atoms with Crippen molar-refractivity contribution < 1.29 is 22.7 Å². The minimum Gasteiger partial charge on any atom is -0.484 e. The van der Waals surface area contributed by atoms with Crippen LogP contribution in [-0.2, 0) is 19.6 Å². The molecule has 0 atom stereocenters. The summed E-state index contributed by atoms with van der Waals surface area (Å²) in [6.45, 7) is 5.35. The van der Waals surface area contributed by atoms with E-state index in [-0.39, 0.29) is 17.4 Å². The summed E-state index contributed by atoms with van der Waals surface area (Å²) in [6.07, 6.45) is 0.746. The zero-order valence-corrected chi connectivity index (χ0v) is 15.5. The van der Waals surface area contributed by atoms with Crippen LogP contribution in [0.1, 0.15) is 18.9 Å². The van der Waals surface area contributed by atoms with E-state index in [1.54, 1.807) is 13.0 Å². The number of rotatable bonds is 10. The lowest BCUT2D eigenvalue weighted by molar-refractivity contribution is -0.123. The number of carbonyl (C=O) groups is 1. The summed E-state index contributed by atoms with van der Waals surface area (Å²) in [5.41, 5.74) is 0.655. The molecular formula is C16H26N2O5S. The standard InChI is InChI=1S/C16H26N2O5S/c1-5-22-10-6-9-17-16(19)12-23-15-8-7-14(11-13(15)2)24(20,21)18(3)4/h7-8,11H,5-6,9-10,12H2,1-4H3,(H,17,19). The number of benzene rings is 1. The van der Waals surface area contributed by atoms with Gasteiger partial charge in [-0.2, -0.15) is 0 Å². The van der Waals surface area contributed by atoms with E-state index < -0.39 is 10.0 Å². The molecule has 0 aromatic heterocycles. The molecule has 1 N–H and O–H groups in total. The number of nitrogens with zero attached hydrogens (tertiary/aromatic N) is 1. The Morgan fingerprint density at radius 3 is 2.58 bits per heavy atom. The van der Waals surface area contributed by atoms with Crippen LogP contribution in [0.25, 0.3) is 0 Å². The van der Waals surface area contributed by atoms with E-state index in [1.807, 2.05) is 6.92 Å². The highest BCUT2D eigenvalue weighted by atomic mass is 32.2. The fraction of sp³-hybridized carbons (Fsp3) is 0.562. The number of sulfonamides is 1. The van der Waals surface area contributed by atoms with Crippen molar-refractivity contribution in [2.24, 2.45) is 0 Å². The molecule has 8 heteroatoms. The smallest absolute Gasteiger partial charge is 0.257 e. The molecular weight excluding hydrogens is 332 g/mol. The van der Waals surface area contributed by atoms with E-state index >= 15 is 0 Å². The molecule has 0 spiro atoms. The SMILES string of the molecule is CCOCCCNC(=O)COc1ccc(S(=O)(=O)N(C)C)cc1C. The van der Waals surface area contributed by atoms with Crippen LogP contribution in [0.5, 0.6) is 5.75 Å². The van der Waals surface area contributed by atoms with E-state index in [1.165, 1.54) is 26.2 Å². The molecule has 0 heterocycles. The summed E-state index contributed by atoms with van der Waals surface area (Å²) in [7, 11) is -0.526. The minimum atomic E-state index is -3.48. The van der Waals surface area contributed by atoms with Gasteiger partial charge >= 0.3 is 0 Å². The van der Waals surface area contributed by atoms with Crippen molar-refractivity contribution in [1.82, 2.24) is 9.62 Å². The van der Waals surface area contributed by atoms with Gasteiger partial charge in [-0.05, 0) is 44.0 Å². The quantitative estimate of drug-likeness (QED) is 0.635. The highest BCUT2D eigenvalue weighted by Crippen LogP contribution is 2.23. The minimum absolute atomic E-state index is 0.116. The molecule has 136 valence electrons. The maximum absolute atomic E-state index is 12.1. The van der Waals surface area contributed by atoms with Crippen molar-refractivity contribution >= 4 is 15.9 Å². The number of hydrogen-bond donors (Lipinski definition) is 1. The molecule has 1 aromatic carbocycles. The Labute approximate surface area is 144 Å². The number of nitrogens with one attached hydrogen (secondary N) is 1. The van der Waals surface area contributed by atoms with Gasteiger partial charge in [0.25, 0.3) is 5.91 Å². The lowest BCUT2D eigenvalue weighted by Gasteiger charge is -2.14. The largest absolute Gasteiger partial charge is 0.484 e. The fourth-order valence-electron chi connectivity index (χ4n) is 1.90. The van der Waals surface area contributed by atoms with Crippen LogP contribution in [0.2, 0.25) is 0 Å². The first kappa shape index (κ1) is 20.4. The van der Waals surface area contributed by atoms with E-state index in [2.05, 4.69) is 5.32 Å². The van der Waals surface area contributed by atoms with Gasteiger partial charge in [0.05, 0.1) is 4.90 Å². The number of ether oxygens (including phenoxy) is 2. The first-order chi connectivity index (χ1) is 11.3. The topological polar surface area (TPSA) is 84.9 Å². The van der Waals surface area contributed by atoms with Crippen molar-refractivity contribution in [2.75, 3.05) is 40.5 Å². The van der Waals surface area contributed by atoms with Crippen LogP contribution in [0.15, 0.2) is 23.1 Å². The van der Waals surface area contributed by atoms with Gasteiger partial charge in [0.1, 0.15) is 5.75 Å². The van der Waals surface area contributed by atoms with Crippen LogP contribution >= 0.6 is 0 Å². The maximum atomic E-state index is 12.1. The van der Waals surface area contributed by atoms with Crippen molar-refractivity contribution in [3.05, 3.63) is 23.8 Å². The average molecular weight is 358 g/mol. The molecule has 0 saturated carbocycles. The molecule has 0 unspecified atom stereocenters. The third-order valence-electron chi connectivity index (χ3n) is 3.28. The molecule has 1 rings (SSSR count). The molecule has 0 aliphatic heterocycles. The summed E-state index contributed by atoms with van der Waals surface area (Å²) >= 11 is 0. The van der Waals surface area contributed by atoms with Crippen LogP contribution in [0.3, 0.4) is 0 Å². The first-order valence-electron chi connectivity index (χ1n) is 7.79. The Bertz CT molecular complexity index is 644. The highest BCUT2D eigenvalue weighted by Gasteiger charge is 2.18. The lowest BCUT2D eigenvalue weighted by Crippen LogP contribution is -2.30. The monoisotopic (exact) mass is 358 g/mol. The summed E-state index contributed by atoms with van der Waals surface area (Å²) in [5.74, 6) is 0.257. The molecule has 7 nitrogen and oxygen atoms in total. The second kappa shape index (κ2) is 9.61. The number of aryl methyl sites for hydroxylation is 1. The molecule has 0 aliphatic carbocycles. The average Bonchev–Trinajstić information content (AvgIpc) is 2.53. The molecule has 0 fully saturated rings. The number of amides is 1. The van der Waals surface area contributed by atoms with E-state index in [0.29, 0.717) is 31.1 Å². The maximum Gasteiger partial charge on any atom is 0.257 e. The van der Waals surface area contributed by atoms with Crippen molar-refractivity contribution in [3.8, 4) is 5.75 Å². The predicted octanol–water partition coefficient (Wildman–Crippen LogP) is 1.17. The van der Waals surface area contributed by atoms with E-state index in [4.69, 9.17) is 9.47 Å². The Morgan fingerprint density at radius 1 is 1.29 bits per heavy atom.